The second-order valence-corrected chi connectivity index (χ2v) is 4.98. The van der Waals surface area contributed by atoms with E-state index in [-0.39, 0.29) is 6.09 Å². The first-order valence-corrected chi connectivity index (χ1v) is 6.84. The third-order valence-electron chi connectivity index (χ3n) is 3.63. The van der Waals surface area contributed by atoms with Crippen molar-refractivity contribution in [1.82, 2.24) is 5.32 Å². The molecule has 0 spiro atoms. The van der Waals surface area contributed by atoms with Gasteiger partial charge in [0, 0.05) is 17.4 Å². The summed E-state index contributed by atoms with van der Waals surface area (Å²) >= 11 is 0. The Hall–Kier alpha value is -1.75. The Morgan fingerprint density at radius 2 is 2.16 bits per heavy atom. The second-order valence-electron chi connectivity index (χ2n) is 4.98. The molecule has 3 rings (SSSR count). The van der Waals surface area contributed by atoms with E-state index in [0.717, 1.165) is 37.3 Å². The number of hydrogen-bond donors (Lipinski definition) is 2. The van der Waals surface area contributed by atoms with Gasteiger partial charge in [-0.3, -0.25) is 4.90 Å². The van der Waals surface area contributed by atoms with Crippen LogP contribution in [0, 0.1) is 0 Å². The first-order valence-electron chi connectivity index (χ1n) is 6.84. The number of carbonyl (C=O) groups is 1. The highest BCUT2D eigenvalue weighted by Crippen LogP contribution is 2.23. The van der Waals surface area contributed by atoms with Crippen molar-refractivity contribution in [3.8, 4) is 0 Å². The summed E-state index contributed by atoms with van der Waals surface area (Å²) in [5.74, 6) is 0. The van der Waals surface area contributed by atoms with Crippen LogP contribution in [0.3, 0.4) is 0 Å². The van der Waals surface area contributed by atoms with Gasteiger partial charge in [-0.15, -0.1) is 0 Å². The molecule has 1 aromatic rings. The quantitative estimate of drug-likeness (QED) is 0.871. The molecule has 2 heterocycles. The zero-order chi connectivity index (χ0) is 13.1. The molecular formula is C14H19N3O2. The lowest BCUT2D eigenvalue weighted by Crippen LogP contribution is -2.35. The number of nitrogens with zero attached hydrogens (tertiary/aromatic N) is 1. The number of amides is 1. The molecule has 0 atom stereocenters. The van der Waals surface area contributed by atoms with Crippen LogP contribution in [-0.2, 0) is 4.74 Å². The molecule has 2 aliphatic heterocycles. The second kappa shape index (κ2) is 5.48. The molecular weight excluding hydrogens is 242 g/mol. The Morgan fingerprint density at radius 3 is 2.89 bits per heavy atom. The van der Waals surface area contributed by atoms with Crippen LogP contribution >= 0.6 is 0 Å². The zero-order valence-corrected chi connectivity index (χ0v) is 10.9. The predicted molar refractivity (Wildman–Crippen MR) is 74.7 cm³/mol. The Labute approximate surface area is 112 Å². The highest BCUT2D eigenvalue weighted by Gasteiger charge is 2.23. The van der Waals surface area contributed by atoms with E-state index in [0.29, 0.717) is 19.2 Å². The molecule has 5 heteroatoms. The van der Waals surface area contributed by atoms with E-state index in [4.69, 9.17) is 4.74 Å². The van der Waals surface area contributed by atoms with Gasteiger partial charge < -0.3 is 15.4 Å². The smallest absolute Gasteiger partial charge is 0.414 e. The number of rotatable bonds is 3. The average Bonchev–Trinajstić information content (AvgIpc) is 2.86. The van der Waals surface area contributed by atoms with Gasteiger partial charge in [-0.2, -0.15) is 0 Å². The van der Waals surface area contributed by atoms with Crippen molar-refractivity contribution in [2.24, 2.45) is 0 Å². The van der Waals surface area contributed by atoms with Crippen LogP contribution in [0.25, 0.3) is 0 Å². The lowest BCUT2D eigenvalue weighted by Gasteiger charge is -2.25. The zero-order valence-electron chi connectivity index (χ0n) is 10.9. The van der Waals surface area contributed by atoms with E-state index >= 15 is 0 Å². The normalized spacial score (nSPS) is 20.4. The highest BCUT2D eigenvalue weighted by molar-refractivity contribution is 5.89. The van der Waals surface area contributed by atoms with Gasteiger partial charge in [-0.05, 0) is 44.1 Å². The van der Waals surface area contributed by atoms with Gasteiger partial charge in [0.05, 0.1) is 6.54 Å². The molecule has 0 radical (unpaired) electrons. The molecule has 0 aliphatic carbocycles. The number of ether oxygens (including phenoxy) is 1. The number of carbonyl (C=O) groups excluding carboxylic acids is 1. The average molecular weight is 261 g/mol. The van der Waals surface area contributed by atoms with Gasteiger partial charge in [0.25, 0.3) is 0 Å². The van der Waals surface area contributed by atoms with E-state index in [1.165, 1.54) is 0 Å². The SMILES string of the molecule is O=C1OCCN1c1cccc(NC2CCNCC2)c1. The van der Waals surface area contributed by atoms with Crippen molar-refractivity contribution in [1.29, 1.82) is 0 Å². The first-order chi connectivity index (χ1) is 9.33. The monoisotopic (exact) mass is 261 g/mol. The first kappa shape index (κ1) is 12.3. The van der Waals surface area contributed by atoms with E-state index in [9.17, 15) is 4.79 Å². The topological polar surface area (TPSA) is 53.6 Å². The van der Waals surface area contributed by atoms with Crippen LogP contribution in [0.4, 0.5) is 16.2 Å². The van der Waals surface area contributed by atoms with Crippen LogP contribution in [0.15, 0.2) is 24.3 Å². The fraction of sp³-hybridized carbons (Fsp3) is 0.500. The minimum atomic E-state index is -0.251. The van der Waals surface area contributed by atoms with Gasteiger partial charge >= 0.3 is 6.09 Å². The Kier molecular flexibility index (Phi) is 3.55. The third-order valence-corrected chi connectivity index (χ3v) is 3.63. The Bertz CT molecular complexity index is 458. The van der Waals surface area contributed by atoms with Crippen molar-refractivity contribution < 1.29 is 9.53 Å². The summed E-state index contributed by atoms with van der Waals surface area (Å²) < 4.78 is 4.97. The fourth-order valence-electron chi connectivity index (χ4n) is 2.59. The van der Waals surface area contributed by atoms with Crippen LogP contribution in [0.5, 0.6) is 0 Å². The number of cyclic esters (lactones) is 1. The summed E-state index contributed by atoms with van der Waals surface area (Å²) in [6.07, 6.45) is 2.02. The molecule has 0 aromatic heterocycles. The Morgan fingerprint density at radius 1 is 1.32 bits per heavy atom. The van der Waals surface area contributed by atoms with Crippen LogP contribution < -0.4 is 15.5 Å². The van der Waals surface area contributed by atoms with Crippen molar-refractivity contribution in [3.63, 3.8) is 0 Å². The van der Waals surface area contributed by atoms with Gasteiger partial charge in [0.15, 0.2) is 0 Å². The van der Waals surface area contributed by atoms with Gasteiger partial charge in [0.1, 0.15) is 6.61 Å². The minimum Gasteiger partial charge on any atom is -0.447 e. The maximum absolute atomic E-state index is 11.6. The summed E-state index contributed by atoms with van der Waals surface area (Å²) in [4.78, 5) is 13.2. The van der Waals surface area contributed by atoms with Crippen molar-refractivity contribution in [2.75, 3.05) is 36.5 Å². The molecule has 5 nitrogen and oxygen atoms in total. The molecule has 2 saturated heterocycles. The van der Waals surface area contributed by atoms with E-state index in [2.05, 4.69) is 10.6 Å². The summed E-state index contributed by atoms with van der Waals surface area (Å²) in [6.45, 7) is 3.24. The lowest BCUT2D eigenvalue weighted by molar-refractivity contribution is 0.181. The number of anilines is 2. The number of benzene rings is 1. The van der Waals surface area contributed by atoms with Gasteiger partial charge in [0.2, 0.25) is 0 Å². The summed E-state index contributed by atoms with van der Waals surface area (Å²) in [7, 11) is 0. The maximum atomic E-state index is 11.6. The molecule has 0 bridgehead atoms. The van der Waals surface area contributed by atoms with Crippen LogP contribution in [0.2, 0.25) is 0 Å². The van der Waals surface area contributed by atoms with E-state index < -0.39 is 0 Å². The van der Waals surface area contributed by atoms with Crippen molar-refractivity contribution >= 4 is 17.5 Å². The van der Waals surface area contributed by atoms with Crippen LogP contribution in [-0.4, -0.2) is 38.4 Å². The number of nitrogens with one attached hydrogen (secondary N) is 2. The summed E-state index contributed by atoms with van der Waals surface area (Å²) in [5.41, 5.74) is 1.98. The highest BCUT2D eigenvalue weighted by atomic mass is 16.6. The van der Waals surface area contributed by atoms with Crippen LogP contribution in [0.1, 0.15) is 12.8 Å². The largest absolute Gasteiger partial charge is 0.447 e. The van der Waals surface area contributed by atoms with Gasteiger partial charge in [-0.25, -0.2) is 4.79 Å². The molecule has 19 heavy (non-hydrogen) atoms. The maximum Gasteiger partial charge on any atom is 0.414 e. The van der Waals surface area contributed by atoms with E-state index in [1.807, 2.05) is 24.3 Å². The standard InChI is InChI=1S/C14H19N3O2/c18-14-17(8-9-19-14)13-3-1-2-12(10-13)16-11-4-6-15-7-5-11/h1-3,10-11,15-16H,4-9H2. The van der Waals surface area contributed by atoms with Crippen molar-refractivity contribution in [2.45, 2.75) is 18.9 Å². The molecule has 1 aromatic carbocycles. The molecule has 0 unspecified atom stereocenters. The Balaban J connectivity index is 1.70. The molecule has 2 N–H and O–H groups in total. The summed E-state index contributed by atoms with van der Waals surface area (Å²) in [6, 6.07) is 8.51. The van der Waals surface area contributed by atoms with E-state index in [1.54, 1.807) is 4.90 Å². The molecule has 0 saturated carbocycles. The molecule has 1 amide bonds. The summed E-state index contributed by atoms with van der Waals surface area (Å²) in [5, 5.41) is 6.89. The number of piperidine rings is 1. The fourth-order valence-corrected chi connectivity index (χ4v) is 2.59. The number of hydrogen-bond acceptors (Lipinski definition) is 4. The van der Waals surface area contributed by atoms with Gasteiger partial charge in [-0.1, -0.05) is 6.07 Å². The minimum absolute atomic E-state index is 0.251. The molecule has 2 aliphatic rings. The van der Waals surface area contributed by atoms with Crippen molar-refractivity contribution in [3.05, 3.63) is 24.3 Å². The molecule has 2 fully saturated rings. The third kappa shape index (κ3) is 2.81. The lowest BCUT2D eigenvalue weighted by atomic mass is 10.1. The molecule has 102 valence electrons. The predicted octanol–water partition coefficient (Wildman–Crippen LogP) is 1.81.